The predicted molar refractivity (Wildman–Crippen MR) is 83.0 cm³/mol. The van der Waals surface area contributed by atoms with Gasteiger partial charge in [-0.05, 0) is 24.8 Å². The molecular formula is C16H18N4O. The molecule has 2 aromatic heterocycles. The van der Waals surface area contributed by atoms with Gasteiger partial charge in [0.25, 0.3) is 0 Å². The van der Waals surface area contributed by atoms with E-state index in [-0.39, 0.29) is 0 Å². The highest BCUT2D eigenvalue weighted by Crippen LogP contribution is 2.27. The maximum absolute atomic E-state index is 6.12. The first-order valence-electron chi connectivity index (χ1n) is 7.40. The van der Waals surface area contributed by atoms with Gasteiger partial charge in [0, 0.05) is 25.1 Å². The molecule has 5 nitrogen and oxygen atoms in total. The van der Waals surface area contributed by atoms with Crippen LogP contribution in [0, 0.1) is 5.92 Å². The second-order valence-corrected chi connectivity index (χ2v) is 5.65. The fourth-order valence-corrected chi connectivity index (χ4v) is 3.13. The van der Waals surface area contributed by atoms with E-state index in [1.54, 1.807) is 0 Å². The molecular weight excluding hydrogens is 264 g/mol. The zero-order valence-corrected chi connectivity index (χ0v) is 11.8. The Kier molecular flexibility index (Phi) is 3.00. The third kappa shape index (κ3) is 2.14. The van der Waals surface area contributed by atoms with Crippen LogP contribution >= 0.6 is 0 Å². The number of hydrogen-bond acceptors (Lipinski definition) is 4. The number of fused-ring (bicyclic) bond motifs is 3. The van der Waals surface area contributed by atoms with Gasteiger partial charge in [0.05, 0.1) is 17.2 Å². The predicted octanol–water partition coefficient (Wildman–Crippen LogP) is 2.59. The summed E-state index contributed by atoms with van der Waals surface area (Å²) in [5.41, 5.74) is 9.07. The number of imidazole rings is 1. The molecule has 0 saturated carbocycles. The number of aryl methyl sites for hydroxylation is 1. The average Bonchev–Trinajstić information content (AvgIpc) is 3.12. The lowest BCUT2D eigenvalue weighted by Gasteiger charge is -2.11. The van der Waals surface area contributed by atoms with Crippen LogP contribution in [-0.4, -0.2) is 27.7 Å². The van der Waals surface area contributed by atoms with E-state index in [1.165, 1.54) is 0 Å². The van der Waals surface area contributed by atoms with Crippen LogP contribution in [0.15, 0.2) is 30.5 Å². The minimum absolute atomic E-state index is 0.571. The van der Waals surface area contributed by atoms with Crippen molar-refractivity contribution in [3.05, 3.63) is 30.5 Å². The van der Waals surface area contributed by atoms with Crippen molar-refractivity contribution < 1.29 is 4.74 Å². The molecule has 0 aliphatic carbocycles. The first-order valence-corrected chi connectivity index (χ1v) is 7.40. The Morgan fingerprint density at radius 3 is 3.05 bits per heavy atom. The van der Waals surface area contributed by atoms with Crippen LogP contribution in [0.1, 0.15) is 12.8 Å². The molecule has 4 rings (SSSR count). The molecule has 2 N–H and O–H groups in total. The quantitative estimate of drug-likeness (QED) is 0.802. The van der Waals surface area contributed by atoms with Gasteiger partial charge in [-0.2, -0.15) is 0 Å². The molecule has 0 spiro atoms. The van der Waals surface area contributed by atoms with E-state index in [2.05, 4.69) is 20.6 Å². The molecule has 0 amide bonds. The monoisotopic (exact) mass is 282 g/mol. The number of nitrogen functional groups attached to an aromatic ring is 1. The number of aromatic nitrogens is 3. The molecule has 1 aromatic carbocycles. The van der Waals surface area contributed by atoms with Gasteiger partial charge >= 0.3 is 0 Å². The molecule has 1 aliphatic heterocycles. The smallest absolute Gasteiger partial charge is 0.201 e. The zero-order chi connectivity index (χ0) is 14.2. The lowest BCUT2D eigenvalue weighted by atomic mass is 10.1. The number of para-hydroxylation sites is 1. The van der Waals surface area contributed by atoms with Crippen molar-refractivity contribution in [3.8, 4) is 0 Å². The van der Waals surface area contributed by atoms with E-state index < -0.39 is 0 Å². The van der Waals surface area contributed by atoms with Crippen LogP contribution in [0.3, 0.4) is 0 Å². The van der Waals surface area contributed by atoms with Crippen molar-refractivity contribution in [3.63, 3.8) is 0 Å². The summed E-state index contributed by atoms with van der Waals surface area (Å²) < 4.78 is 7.57. The first-order chi connectivity index (χ1) is 10.3. The standard InChI is InChI=1S/C16H18N4O/c17-16-19-14-9-18-13-4-2-1-3-12(13)15(14)20(16)7-5-11-6-8-21-10-11/h1-4,9,11H,5-8,10H2,(H2,17,19). The largest absolute Gasteiger partial charge is 0.381 e. The number of hydrogen-bond donors (Lipinski definition) is 1. The third-order valence-corrected chi connectivity index (χ3v) is 4.29. The second kappa shape index (κ2) is 5.00. The number of anilines is 1. The van der Waals surface area contributed by atoms with Crippen molar-refractivity contribution in [2.75, 3.05) is 18.9 Å². The van der Waals surface area contributed by atoms with Crippen molar-refractivity contribution >= 4 is 27.9 Å². The van der Waals surface area contributed by atoms with Gasteiger partial charge in [-0.1, -0.05) is 18.2 Å². The fraction of sp³-hybridized carbons (Fsp3) is 0.375. The number of ether oxygens (including phenoxy) is 1. The van der Waals surface area contributed by atoms with Crippen LogP contribution in [0.4, 0.5) is 5.95 Å². The lowest BCUT2D eigenvalue weighted by molar-refractivity contribution is 0.183. The highest BCUT2D eigenvalue weighted by Gasteiger charge is 2.18. The summed E-state index contributed by atoms with van der Waals surface area (Å²) in [6.45, 7) is 2.64. The van der Waals surface area contributed by atoms with E-state index >= 15 is 0 Å². The van der Waals surface area contributed by atoms with Gasteiger partial charge in [-0.15, -0.1) is 0 Å². The van der Waals surface area contributed by atoms with Gasteiger partial charge in [0.15, 0.2) is 0 Å². The van der Waals surface area contributed by atoms with Crippen LogP contribution in [-0.2, 0) is 11.3 Å². The van der Waals surface area contributed by atoms with Gasteiger partial charge in [-0.25, -0.2) is 4.98 Å². The van der Waals surface area contributed by atoms with E-state index in [4.69, 9.17) is 10.5 Å². The zero-order valence-electron chi connectivity index (χ0n) is 11.8. The highest BCUT2D eigenvalue weighted by atomic mass is 16.5. The van der Waals surface area contributed by atoms with E-state index in [0.29, 0.717) is 11.9 Å². The third-order valence-electron chi connectivity index (χ3n) is 4.29. The summed E-state index contributed by atoms with van der Waals surface area (Å²) in [7, 11) is 0. The van der Waals surface area contributed by atoms with E-state index in [0.717, 1.165) is 54.5 Å². The van der Waals surface area contributed by atoms with E-state index in [1.807, 2.05) is 24.4 Å². The van der Waals surface area contributed by atoms with Crippen molar-refractivity contribution in [1.82, 2.24) is 14.5 Å². The second-order valence-electron chi connectivity index (χ2n) is 5.65. The summed E-state index contributed by atoms with van der Waals surface area (Å²) in [6, 6.07) is 8.14. The number of nitrogens with zero attached hydrogens (tertiary/aromatic N) is 3. The van der Waals surface area contributed by atoms with Crippen molar-refractivity contribution in [2.45, 2.75) is 19.4 Å². The maximum Gasteiger partial charge on any atom is 0.201 e. The Bertz CT molecular complexity index is 789. The normalized spacial score (nSPS) is 18.8. The van der Waals surface area contributed by atoms with Crippen LogP contribution < -0.4 is 5.73 Å². The number of pyridine rings is 1. The molecule has 1 aliphatic rings. The van der Waals surface area contributed by atoms with Crippen molar-refractivity contribution in [2.24, 2.45) is 5.92 Å². The molecule has 3 heterocycles. The Morgan fingerprint density at radius 2 is 2.19 bits per heavy atom. The Balaban J connectivity index is 1.79. The first kappa shape index (κ1) is 12.6. The topological polar surface area (TPSA) is 66.0 Å². The Labute approximate surface area is 122 Å². The Morgan fingerprint density at radius 1 is 1.29 bits per heavy atom. The lowest BCUT2D eigenvalue weighted by Crippen LogP contribution is -2.09. The summed E-state index contributed by atoms with van der Waals surface area (Å²) >= 11 is 0. The van der Waals surface area contributed by atoms with E-state index in [9.17, 15) is 0 Å². The maximum atomic E-state index is 6.12. The Hall–Kier alpha value is -2.14. The molecule has 5 heteroatoms. The molecule has 1 atom stereocenters. The molecule has 21 heavy (non-hydrogen) atoms. The molecule has 1 fully saturated rings. The molecule has 1 unspecified atom stereocenters. The molecule has 108 valence electrons. The molecule has 0 bridgehead atoms. The fourth-order valence-electron chi connectivity index (χ4n) is 3.13. The van der Waals surface area contributed by atoms with Gasteiger partial charge < -0.3 is 15.0 Å². The minimum atomic E-state index is 0.571. The van der Waals surface area contributed by atoms with Crippen molar-refractivity contribution in [1.29, 1.82) is 0 Å². The van der Waals surface area contributed by atoms with Crippen LogP contribution in [0.2, 0.25) is 0 Å². The van der Waals surface area contributed by atoms with Crippen LogP contribution in [0.5, 0.6) is 0 Å². The van der Waals surface area contributed by atoms with Crippen LogP contribution in [0.25, 0.3) is 21.9 Å². The SMILES string of the molecule is Nc1nc2cnc3ccccc3c2n1CCC1CCOC1. The summed E-state index contributed by atoms with van der Waals surface area (Å²) in [6.07, 6.45) is 4.03. The number of nitrogens with two attached hydrogens (primary N) is 1. The molecule has 0 radical (unpaired) electrons. The summed E-state index contributed by atoms with van der Waals surface area (Å²) in [5.74, 6) is 1.21. The molecule has 1 saturated heterocycles. The molecule has 3 aromatic rings. The van der Waals surface area contributed by atoms with Gasteiger partial charge in [0.2, 0.25) is 5.95 Å². The number of benzene rings is 1. The van der Waals surface area contributed by atoms with Gasteiger partial charge in [-0.3, -0.25) is 4.98 Å². The summed E-state index contributed by atoms with van der Waals surface area (Å²) in [5, 5.41) is 1.11. The number of rotatable bonds is 3. The van der Waals surface area contributed by atoms with Gasteiger partial charge in [0.1, 0.15) is 5.52 Å². The average molecular weight is 282 g/mol. The summed E-state index contributed by atoms with van der Waals surface area (Å²) in [4.78, 5) is 8.91. The highest BCUT2D eigenvalue weighted by molar-refractivity contribution is 6.02. The minimum Gasteiger partial charge on any atom is -0.381 e.